The van der Waals surface area contributed by atoms with Crippen molar-refractivity contribution in [2.75, 3.05) is 0 Å². The highest BCUT2D eigenvalue weighted by molar-refractivity contribution is 6.08. The highest BCUT2D eigenvalue weighted by atomic mass is 16.6. The SMILES string of the molecule is C[C@H](/C=C/c1ccccc1)[C@]1(C)N=C(c2ccccc2)OC1=O. The van der Waals surface area contributed by atoms with E-state index in [9.17, 15) is 4.79 Å². The number of nitrogens with zero attached hydrogens (tertiary/aromatic N) is 1. The maximum absolute atomic E-state index is 12.4. The maximum Gasteiger partial charge on any atom is 0.341 e. The molecule has 0 fully saturated rings. The minimum atomic E-state index is -0.892. The van der Waals surface area contributed by atoms with Crippen molar-refractivity contribution in [3.63, 3.8) is 0 Å². The number of carbonyl (C=O) groups excluding carboxylic acids is 1. The van der Waals surface area contributed by atoms with Crippen LogP contribution in [-0.2, 0) is 9.53 Å². The van der Waals surface area contributed by atoms with Crippen molar-refractivity contribution in [3.8, 4) is 0 Å². The zero-order valence-electron chi connectivity index (χ0n) is 13.3. The predicted molar refractivity (Wildman–Crippen MR) is 92.1 cm³/mol. The van der Waals surface area contributed by atoms with Gasteiger partial charge in [0, 0.05) is 11.5 Å². The third-order valence-corrected chi connectivity index (χ3v) is 4.22. The molecule has 2 aromatic rings. The van der Waals surface area contributed by atoms with Crippen LogP contribution in [0.2, 0.25) is 0 Å². The van der Waals surface area contributed by atoms with Crippen LogP contribution in [0.5, 0.6) is 0 Å². The van der Waals surface area contributed by atoms with Gasteiger partial charge in [0.25, 0.3) is 0 Å². The van der Waals surface area contributed by atoms with Crippen LogP contribution in [0.4, 0.5) is 0 Å². The fourth-order valence-corrected chi connectivity index (χ4v) is 2.47. The zero-order valence-corrected chi connectivity index (χ0v) is 13.3. The number of carbonyl (C=O) groups is 1. The number of cyclic esters (lactones) is 1. The number of rotatable bonds is 4. The number of hydrogen-bond acceptors (Lipinski definition) is 3. The van der Waals surface area contributed by atoms with Crippen molar-refractivity contribution in [3.05, 3.63) is 77.9 Å². The minimum absolute atomic E-state index is 0.0728. The summed E-state index contributed by atoms with van der Waals surface area (Å²) in [5, 5.41) is 0. The lowest BCUT2D eigenvalue weighted by Gasteiger charge is -2.21. The van der Waals surface area contributed by atoms with E-state index in [4.69, 9.17) is 4.74 Å². The average molecular weight is 305 g/mol. The highest BCUT2D eigenvalue weighted by Crippen LogP contribution is 2.31. The number of benzene rings is 2. The molecule has 2 atom stereocenters. The summed E-state index contributed by atoms with van der Waals surface area (Å²) >= 11 is 0. The molecule has 1 aliphatic rings. The van der Waals surface area contributed by atoms with Gasteiger partial charge in [-0.15, -0.1) is 0 Å². The molecule has 0 aliphatic carbocycles. The molecule has 0 saturated carbocycles. The summed E-state index contributed by atoms with van der Waals surface area (Å²) in [5.41, 5.74) is 1.03. The van der Waals surface area contributed by atoms with E-state index in [1.54, 1.807) is 0 Å². The summed E-state index contributed by atoms with van der Waals surface area (Å²) in [4.78, 5) is 16.9. The second-order valence-corrected chi connectivity index (χ2v) is 5.88. The smallest absolute Gasteiger partial charge is 0.341 e. The van der Waals surface area contributed by atoms with Crippen LogP contribution in [0.25, 0.3) is 6.08 Å². The van der Waals surface area contributed by atoms with Crippen LogP contribution in [0.15, 0.2) is 71.7 Å². The predicted octanol–water partition coefficient (Wildman–Crippen LogP) is 4.10. The molecule has 0 bridgehead atoms. The van der Waals surface area contributed by atoms with Gasteiger partial charge in [-0.25, -0.2) is 9.79 Å². The fourth-order valence-electron chi connectivity index (χ4n) is 2.47. The topological polar surface area (TPSA) is 38.7 Å². The van der Waals surface area contributed by atoms with Gasteiger partial charge in [0.05, 0.1) is 0 Å². The molecule has 0 spiro atoms. The molecule has 0 unspecified atom stereocenters. The van der Waals surface area contributed by atoms with E-state index in [1.807, 2.05) is 86.7 Å². The lowest BCUT2D eigenvalue weighted by Crippen LogP contribution is -2.36. The molecule has 0 amide bonds. The summed E-state index contributed by atoms with van der Waals surface area (Å²) in [6.45, 7) is 3.81. The third-order valence-electron chi connectivity index (χ3n) is 4.22. The molecule has 3 nitrogen and oxygen atoms in total. The van der Waals surface area contributed by atoms with E-state index in [1.165, 1.54) is 0 Å². The van der Waals surface area contributed by atoms with Crippen LogP contribution in [0, 0.1) is 5.92 Å². The second kappa shape index (κ2) is 6.21. The van der Waals surface area contributed by atoms with E-state index in [2.05, 4.69) is 4.99 Å². The van der Waals surface area contributed by atoms with E-state index in [0.29, 0.717) is 5.90 Å². The van der Waals surface area contributed by atoms with Crippen LogP contribution >= 0.6 is 0 Å². The van der Waals surface area contributed by atoms with Crippen LogP contribution < -0.4 is 0 Å². The Morgan fingerprint density at radius 1 is 1.04 bits per heavy atom. The Bertz CT molecular complexity index is 750. The number of hydrogen-bond donors (Lipinski definition) is 0. The normalized spacial score (nSPS) is 22.0. The second-order valence-electron chi connectivity index (χ2n) is 5.88. The Balaban J connectivity index is 1.84. The van der Waals surface area contributed by atoms with E-state index >= 15 is 0 Å². The Labute approximate surface area is 136 Å². The van der Waals surface area contributed by atoms with Gasteiger partial charge in [-0.2, -0.15) is 0 Å². The van der Waals surface area contributed by atoms with Gasteiger partial charge in [-0.3, -0.25) is 0 Å². The maximum atomic E-state index is 12.4. The quantitative estimate of drug-likeness (QED) is 0.798. The number of esters is 1. The first-order valence-electron chi connectivity index (χ1n) is 7.70. The fraction of sp³-hybridized carbons (Fsp3) is 0.200. The standard InChI is InChI=1S/C20H19NO2/c1-15(13-14-16-9-5-3-6-10-16)20(2)19(22)23-18(21-20)17-11-7-4-8-12-17/h3-15H,1-2H3/b14-13+/t15-,20+/m1/s1. The largest absolute Gasteiger partial charge is 0.405 e. The van der Waals surface area contributed by atoms with Gasteiger partial charge in [0.2, 0.25) is 5.90 Å². The molecule has 3 rings (SSSR count). The molecule has 3 heteroatoms. The zero-order chi connectivity index (χ0) is 16.3. The van der Waals surface area contributed by atoms with Crippen LogP contribution in [0.1, 0.15) is 25.0 Å². The Hall–Kier alpha value is -2.68. The van der Waals surface area contributed by atoms with Gasteiger partial charge >= 0.3 is 5.97 Å². The lowest BCUT2D eigenvalue weighted by molar-refractivity contribution is -0.139. The third kappa shape index (κ3) is 3.09. The summed E-state index contributed by atoms with van der Waals surface area (Å²) in [7, 11) is 0. The van der Waals surface area contributed by atoms with Gasteiger partial charge in [0.15, 0.2) is 5.54 Å². The molecule has 0 N–H and O–H groups in total. The number of ether oxygens (including phenoxy) is 1. The summed E-state index contributed by atoms with van der Waals surface area (Å²) in [6.07, 6.45) is 4.02. The molecular formula is C20H19NO2. The number of aliphatic imine (C=N–C) groups is 1. The Kier molecular flexibility index (Phi) is 4.11. The molecule has 0 saturated heterocycles. The van der Waals surface area contributed by atoms with E-state index in [-0.39, 0.29) is 11.9 Å². The summed E-state index contributed by atoms with van der Waals surface area (Å²) < 4.78 is 5.41. The molecule has 23 heavy (non-hydrogen) atoms. The van der Waals surface area contributed by atoms with Crippen LogP contribution in [-0.4, -0.2) is 17.4 Å². The van der Waals surface area contributed by atoms with Gasteiger partial charge in [-0.1, -0.05) is 67.6 Å². The average Bonchev–Trinajstić information content (AvgIpc) is 2.91. The Morgan fingerprint density at radius 3 is 2.30 bits per heavy atom. The molecule has 116 valence electrons. The Morgan fingerprint density at radius 2 is 1.65 bits per heavy atom. The molecule has 0 aromatic heterocycles. The highest BCUT2D eigenvalue weighted by Gasteiger charge is 2.45. The summed E-state index contributed by atoms with van der Waals surface area (Å²) in [6, 6.07) is 19.5. The van der Waals surface area contributed by atoms with Crippen molar-refractivity contribution in [1.82, 2.24) is 0 Å². The van der Waals surface area contributed by atoms with Crippen molar-refractivity contribution >= 4 is 17.9 Å². The first kappa shape index (κ1) is 15.2. The molecule has 1 heterocycles. The first-order valence-corrected chi connectivity index (χ1v) is 7.70. The minimum Gasteiger partial charge on any atom is -0.405 e. The van der Waals surface area contributed by atoms with Gasteiger partial charge < -0.3 is 4.74 Å². The van der Waals surface area contributed by atoms with Crippen molar-refractivity contribution in [2.24, 2.45) is 10.9 Å². The van der Waals surface area contributed by atoms with Crippen molar-refractivity contribution in [2.45, 2.75) is 19.4 Å². The lowest BCUT2D eigenvalue weighted by atomic mass is 9.87. The van der Waals surface area contributed by atoms with Crippen molar-refractivity contribution in [1.29, 1.82) is 0 Å². The first-order chi connectivity index (χ1) is 11.1. The van der Waals surface area contributed by atoms with E-state index in [0.717, 1.165) is 11.1 Å². The molecule has 1 aliphatic heterocycles. The monoisotopic (exact) mass is 305 g/mol. The molecule has 2 aromatic carbocycles. The van der Waals surface area contributed by atoms with Crippen LogP contribution in [0.3, 0.4) is 0 Å². The summed E-state index contributed by atoms with van der Waals surface area (Å²) in [5.74, 6) is 0.0241. The van der Waals surface area contributed by atoms with Gasteiger partial charge in [0.1, 0.15) is 0 Å². The van der Waals surface area contributed by atoms with Gasteiger partial charge in [-0.05, 0) is 24.6 Å². The van der Waals surface area contributed by atoms with Crippen molar-refractivity contribution < 1.29 is 9.53 Å². The van der Waals surface area contributed by atoms with E-state index < -0.39 is 5.54 Å². The molecule has 0 radical (unpaired) electrons. The molecular weight excluding hydrogens is 286 g/mol.